The van der Waals surface area contributed by atoms with Crippen LogP contribution < -0.4 is 21.7 Å². The number of carbonyl (C=O) groups excluding carboxylic acids is 4. The van der Waals surface area contributed by atoms with E-state index < -0.39 is 23.9 Å². The maximum atomic E-state index is 13.7. The number of thiazole rings is 2. The molecule has 0 unspecified atom stereocenters. The Morgan fingerprint density at radius 1 is 1.00 bits per heavy atom. The van der Waals surface area contributed by atoms with Crippen molar-refractivity contribution in [2.45, 2.75) is 45.7 Å². The normalized spacial score (nSPS) is 18.2. The van der Waals surface area contributed by atoms with Crippen molar-refractivity contribution in [2.24, 2.45) is 5.92 Å². The number of hydrogen-bond acceptors (Lipinski definition) is 11. The maximum Gasteiger partial charge on any atom is 0.271 e. The minimum Gasteiger partial charge on any atom is -0.368 e. The van der Waals surface area contributed by atoms with Crippen molar-refractivity contribution in [1.29, 1.82) is 0 Å². The first-order valence-electron chi connectivity index (χ1n) is 14.8. The van der Waals surface area contributed by atoms with Gasteiger partial charge in [0, 0.05) is 30.0 Å². The molecule has 5 N–H and O–H groups in total. The average molecular weight is 662 g/mol. The lowest BCUT2D eigenvalue weighted by atomic mass is 10.0. The number of amides is 4. The first-order chi connectivity index (χ1) is 22.1. The molecule has 2 atom stereocenters. The van der Waals surface area contributed by atoms with Crippen LogP contribution in [-0.4, -0.2) is 68.1 Å². The fraction of sp³-hybridized carbons (Fsp3) is 0.355. The number of carbonyl (C=O) groups is 4. The van der Waals surface area contributed by atoms with Gasteiger partial charge in [-0.25, -0.2) is 19.9 Å². The third kappa shape index (κ3) is 7.90. The molecule has 4 heterocycles. The van der Waals surface area contributed by atoms with E-state index in [1.165, 1.54) is 33.8 Å². The Labute approximate surface area is 274 Å². The van der Waals surface area contributed by atoms with E-state index in [0.717, 1.165) is 5.56 Å². The maximum absolute atomic E-state index is 13.7. The minimum atomic E-state index is -0.566. The summed E-state index contributed by atoms with van der Waals surface area (Å²) in [6.45, 7) is 5.70. The SMILES string of the molecule is Cc1nc(N)ncc1C(=O)N1CCCNC(=O)c2csc(n2)[C@H](C(C)C)NC(=O)c2csc(n2)[C@H](Cc2ccccc2)NC(=O)C1. The monoisotopic (exact) mass is 661 g/mol. The van der Waals surface area contributed by atoms with Crippen LogP contribution in [0.1, 0.15) is 85.0 Å². The van der Waals surface area contributed by atoms with Crippen molar-refractivity contribution >= 4 is 52.3 Å². The van der Waals surface area contributed by atoms with E-state index in [4.69, 9.17) is 5.73 Å². The van der Waals surface area contributed by atoms with Crippen molar-refractivity contribution in [3.63, 3.8) is 0 Å². The van der Waals surface area contributed by atoms with Gasteiger partial charge in [-0.05, 0) is 31.2 Å². The van der Waals surface area contributed by atoms with Gasteiger partial charge in [-0.15, -0.1) is 22.7 Å². The summed E-state index contributed by atoms with van der Waals surface area (Å²) in [7, 11) is 0. The second-order valence-corrected chi connectivity index (χ2v) is 13.0. The molecule has 0 saturated heterocycles. The third-order valence-corrected chi connectivity index (χ3v) is 9.27. The molecule has 0 saturated carbocycles. The molecule has 4 amide bonds. The van der Waals surface area contributed by atoms with Crippen LogP contribution in [0.2, 0.25) is 0 Å². The number of hydrogen-bond donors (Lipinski definition) is 4. The van der Waals surface area contributed by atoms with E-state index in [1.54, 1.807) is 17.7 Å². The van der Waals surface area contributed by atoms with Crippen molar-refractivity contribution < 1.29 is 19.2 Å². The average Bonchev–Trinajstić information content (AvgIpc) is 3.72. The fourth-order valence-corrected chi connectivity index (χ4v) is 6.83. The number of nitrogens with two attached hydrogens (primary N) is 1. The zero-order valence-electron chi connectivity index (χ0n) is 25.6. The Hall–Kier alpha value is -4.76. The second-order valence-electron chi connectivity index (χ2n) is 11.2. The summed E-state index contributed by atoms with van der Waals surface area (Å²) >= 11 is 2.57. The van der Waals surface area contributed by atoms with Crippen molar-refractivity contribution in [1.82, 2.24) is 40.8 Å². The van der Waals surface area contributed by atoms with Crippen LogP contribution in [0.3, 0.4) is 0 Å². The number of rotatable bonds is 4. The van der Waals surface area contributed by atoms with Crippen molar-refractivity contribution in [3.8, 4) is 0 Å². The van der Waals surface area contributed by atoms with Crippen LogP contribution in [0.4, 0.5) is 5.95 Å². The summed E-state index contributed by atoms with van der Waals surface area (Å²) in [5.41, 5.74) is 7.71. The Kier molecular flexibility index (Phi) is 10.3. The first kappa shape index (κ1) is 32.6. The van der Waals surface area contributed by atoms with Gasteiger partial charge in [0.15, 0.2) is 0 Å². The number of benzene rings is 1. The zero-order valence-corrected chi connectivity index (χ0v) is 27.3. The van der Waals surface area contributed by atoms with Gasteiger partial charge in [-0.2, -0.15) is 0 Å². The molecule has 1 aliphatic rings. The molecule has 46 heavy (non-hydrogen) atoms. The molecule has 3 aromatic heterocycles. The Morgan fingerprint density at radius 2 is 1.70 bits per heavy atom. The molecular weight excluding hydrogens is 627 g/mol. The number of nitrogens with zero attached hydrogens (tertiary/aromatic N) is 5. The predicted molar refractivity (Wildman–Crippen MR) is 174 cm³/mol. The lowest BCUT2D eigenvalue weighted by molar-refractivity contribution is -0.122. The molecule has 0 aliphatic carbocycles. The Balaban J connectivity index is 1.48. The molecular formula is C31H35N9O4S2. The predicted octanol–water partition coefficient (Wildman–Crippen LogP) is 3.08. The van der Waals surface area contributed by atoms with Crippen LogP contribution in [0.15, 0.2) is 47.3 Å². The van der Waals surface area contributed by atoms with Gasteiger partial charge in [0.2, 0.25) is 11.9 Å². The van der Waals surface area contributed by atoms with Gasteiger partial charge in [-0.1, -0.05) is 44.2 Å². The molecule has 4 bridgehead atoms. The Bertz CT molecular complexity index is 1720. The van der Waals surface area contributed by atoms with E-state index >= 15 is 0 Å². The number of nitrogen functional groups attached to an aromatic ring is 1. The summed E-state index contributed by atoms with van der Waals surface area (Å²) in [5.74, 6) is -1.59. The molecule has 4 aromatic rings. The molecule has 0 spiro atoms. The molecule has 1 aliphatic heterocycles. The number of nitrogens with one attached hydrogen (secondary N) is 3. The smallest absolute Gasteiger partial charge is 0.271 e. The molecule has 240 valence electrons. The van der Waals surface area contributed by atoms with E-state index in [0.29, 0.717) is 28.6 Å². The molecule has 5 rings (SSSR count). The van der Waals surface area contributed by atoms with Crippen molar-refractivity contribution in [3.05, 3.63) is 85.5 Å². The van der Waals surface area contributed by atoms with Gasteiger partial charge in [0.1, 0.15) is 21.4 Å². The summed E-state index contributed by atoms with van der Waals surface area (Å²) in [5, 5.41) is 13.4. The van der Waals surface area contributed by atoms with Crippen molar-refractivity contribution in [2.75, 3.05) is 25.4 Å². The lowest BCUT2D eigenvalue weighted by Crippen LogP contribution is -2.43. The summed E-state index contributed by atoms with van der Waals surface area (Å²) in [4.78, 5) is 72.2. The molecule has 1 aromatic carbocycles. The molecule has 13 nitrogen and oxygen atoms in total. The number of anilines is 1. The highest BCUT2D eigenvalue weighted by atomic mass is 32.1. The molecule has 0 fully saturated rings. The van der Waals surface area contributed by atoms with E-state index in [1.807, 2.05) is 44.2 Å². The second kappa shape index (κ2) is 14.6. The third-order valence-electron chi connectivity index (χ3n) is 7.38. The molecule has 0 radical (unpaired) electrons. The zero-order chi connectivity index (χ0) is 32.8. The summed E-state index contributed by atoms with van der Waals surface area (Å²) in [6, 6.07) is 8.62. The quantitative estimate of drug-likeness (QED) is 0.255. The Morgan fingerprint density at radius 3 is 2.41 bits per heavy atom. The standard InChI is InChI=1S/C31H35N9O4S2/c1-17(2)25-29-38-22(15-46-29)26(42)33-10-7-11-40(30(44)20-13-34-31(32)35-18(20)3)14-24(41)36-21(12-19-8-5-4-6-9-19)28-37-23(16-45-28)27(43)39-25/h4-6,8-9,13,15-17,21,25H,7,10-12,14H2,1-3H3,(H,33,42)(H,36,41)(H,39,43)(H2,32,34,35)/t21-,25-/m0/s1. The number of aryl methyl sites for hydroxylation is 1. The van der Waals surface area contributed by atoms with E-state index in [9.17, 15) is 19.2 Å². The topological polar surface area (TPSA) is 185 Å². The van der Waals surface area contributed by atoms with Crippen LogP contribution in [-0.2, 0) is 11.2 Å². The first-order valence-corrected chi connectivity index (χ1v) is 16.6. The van der Waals surface area contributed by atoms with Crippen LogP contribution in [0.5, 0.6) is 0 Å². The number of fused-ring (bicyclic) bond motifs is 4. The van der Waals surface area contributed by atoms with Crippen LogP contribution in [0.25, 0.3) is 0 Å². The number of aromatic nitrogens is 4. The van der Waals surface area contributed by atoms with Crippen LogP contribution >= 0.6 is 22.7 Å². The van der Waals surface area contributed by atoms with Gasteiger partial charge >= 0.3 is 0 Å². The van der Waals surface area contributed by atoms with Gasteiger partial charge in [0.05, 0.1) is 29.9 Å². The van der Waals surface area contributed by atoms with Gasteiger partial charge in [0.25, 0.3) is 17.7 Å². The van der Waals surface area contributed by atoms with E-state index in [-0.39, 0.29) is 60.3 Å². The minimum absolute atomic E-state index is 0.0121. The lowest BCUT2D eigenvalue weighted by Gasteiger charge is -2.24. The fourth-order valence-electron chi connectivity index (χ4n) is 4.96. The highest BCUT2D eigenvalue weighted by Crippen LogP contribution is 2.27. The molecule has 15 heteroatoms. The van der Waals surface area contributed by atoms with Gasteiger partial charge in [-0.3, -0.25) is 19.2 Å². The van der Waals surface area contributed by atoms with Crippen LogP contribution in [0, 0.1) is 12.8 Å². The summed E-state index contributed by atoms with van der Waals surface area (Å²) < 4.78 is 0. The van der Waals surface area contributed by atoms with Gasteiger partial charge < -0.3 is 26.6 Å². The largest absolute Gasteiger partial charge is 0.368 e. The highest BCUT2D eigenvalue weighted by Gasteiger charge is 2.28. The van der Waals surface area contributed by atoms with E-state index in [2.05, 4.69) is 35.9 Å². The summed E-state index contributed by atoms with van der Waals surface area (Å²) in [6.07, 6.45) is 2.13. The highest BCUT2D eigenvalue weighted by molar-refractivity contribution is 7.10.